The van der Waals surface area contributed by atoms with E-state index >= 15 is 0 Å². The quantitative estimate of drug-likeness (QED) is 0.880. The lowest BCUT2D eigenvalue weighted by molar-refractivity contribution is 0.477. The highest BCUT2D eigenvalue weighted by atomic mass is 32.2. The summed E-state index contributed by atoms with van der Waals surface area (Å²) in [7, 11) is -3.37. The molecule has 0 saturated carbocycles. The highest BCUT2D eigenvalue weighted by Gasteiger charge is 2.27. The Morgan fingerprint density at radius 1 is 1.23 bits per heavy atom. The molecule has 0 aromatic carbocycles. The third-order valence-electron chi connectivity index (χ3n) is 3.70. The van der Waals surface area contributed by atoms with Gasteiger partial charge >= 0.3 is 0 Å². The van der Waals surface area contributed by atoms with E-state index in [1.54, 1.807) is 23.5 Å². The topological polar surface area (TPSA) is 62.3 Å². The third kappa shape index (κ3) is 3.48. The number of nitrogens with one attached hydrogen (secondary N) is 1. The van der Waals surface area contributed by atoms with Crippen molar-refractivity contribution >= 4 is 27.2 Å². The second kappa shape index (κ2) is 6.76. The lowest BCUT2D eigenvalue weighted by Gasteiger charge is -2.15. The smallest absolute Gasteiger partial charge is 0.244 e. The minimum absolute atomic E-state index is 0.276. The van der Waals surface area contributed by atoms with Gasteiger partial charge in [0.2, 0.25) is 10.0 Å². The van der Waals surface area contributed by atoms with Gasteiger partial charge in [-0.15, -0.1) is 11.3 Å². The number of anilines is 1. The second-order valence-electron chi connectivity index (χ2n) is 5.25. The minimum atomic E-state index is -3.37. The van der Waals surface area contributed by atoms with E-state index in [9.17, 15) is 8.42 Å². The van der Waals surface area contributed by atoms with E-state index in [4.69, 9.17) is 0 Å². The molecule has 1 saturated heterocycles. The SMILES string of the molecule is O=S(=O)(c1ccc(NCCc2cccs2)nc1)N1CCCC1. The molecule has 118 valence electrons. The first kappa shape index (κ1) is 15.5. The lowest BCUT2D eigenvalue weighted by Crippen LogP contribution is -2.27. The molecule has 1 aliphatic heterocycles. The fourth-order valence-corrected chi connectivity index (χ4v) is 4.66. The summed E-state index contributed by atoms with van der Waals surface area (Å²) in [4.78, 5) is 5.82. The van der Waals surface area contributed by atoms with Gasteiger partial charge in [-0.1, -0.05) is 6.07 Å². The molecule has 1 N–H and O–H groups in total. The Bertz CT molecular complexity index is 691. The molecule has 0 radical (unpaired) electrons. The Labute approximate surface area is 135 Å². The fourth-order valence-electron chi connectivity index (χ4n) is 2.48. The van der Waals surface area contributed by atoms with Gasteiger partial charge in [0, 0.05) is 30.7 Å². The van der Waals surface area contributed by atoms with Crippen molar-refractivity contribution in [3.63, 3.8) is 0 Å². The first-order chi connectivity index (χ1) is 10.7. The van der Waals surface area contributed by atoms with Crippen LogP contribution in [0.5, 0.6) is 0 Å². The summed E-state index contributed by atoms with van der Waals surface area (Å²) in [6.45, 7) is 2.01. The number of nitrogens with zero attached hydrogens (tertiary/aromatic N) is 2. The second-order valence-corrected chi connectivity index (χ2v) is 8.22. The molecule has 0 bridgehead atoms. The molecule has 22 heavy (non-hydrogen) atoms. The maximum absolute atomic E-state index is 12.4. The van der Waals surface area contributed by atoms with Gasteiger partial charge in [0.15, 0.2) is 0 Å². The molecule has 3 heterocycles. The highest BCUT2D eigenvalue weighted by Crippen LogP contribution is 2.21. The van der Waals surface area contributed by atoms with Crippen LogP contribution in [0.25, 0.3) is 0 Å². The first-order valence-corrected chi connectivity index (χ1v) is 9.71. The molecule has 5 nitrogen and oxygen atoms in total. The predicted molar refractivity (Wildman–Crippen MR) is 88.7 cm³/mol. The van der Waals surface area contributed by atoms with Gasteiger partial charge in [0.25, 0.3) is 0 Å². The Balaban J connectivity index is 1.60. The van der Waals surface area contributed by atoms with Crippen molar-refractivity contribution in [3.05, 3.63) is 40.7 Å². The molecular weight excluding hydrogens is 318 g/mol. The zero-order chi connectivity index (χ0) is 15.4. The van der Waals surface area contributed by atoms with E-state index in [0.717, 1.165) is 25.8 Å². The molecule has 2 aromatic rings. The van der Waals surface area contributed by atoms with Crippen molar-refractivity contribution in [3.8, 4) is 0 Å². The van der Waals surface area contributed by atoms with Crippen LogP contribution < -0.4 is 5.32 Å². The van der Waals surface area contributed by atoms with E-state index in [1.165, 1.54) is 15.4 Å². The summed E-state index contributed by atoms with van der Waals surface area (Å²) < 4.78 is 26.3. The molecule has 0 amide bonds. The molecule has 3 rings (SSSR count). The van der Waals surface area contributed by atoms with Crippen LogP contribution in [-0.4, -0.2) is 37.3 Å². The minimum Gasteiger partial charge on any atom is -0.370 e. The van der Waals surface area contributed by atoms with Crippen LogP contribution in [-0.2, 0) is 16.4 Å². The van der Waals surface area contributed by atoms with E-state index in [1.807, 2.05) is 6.07 Å². The molecular formula is C15H19N3O2S2. The molecule has 0 unspecified atom stereocenters. The van der Waals surface area contributed by atoms with Crippen molar-refractivity contribution in [2.75, 3.05) is 25.0 Å². The van der Waals surface area contributed by atoms with E-state index in [0.29, 0.717) is 18.9 Å². The molecule has 0 atom stereocenters. The lowest BCUT2D eigenvalue weighted by atomic mass is 10.3. The van der Waals surface area contributed by atoms with Gasteiger partial charge in [-0.05, 0) is 42.8 Å². The zero-order valence-corrected chi connectivity index (χ0v) is 13.9. The van der Waals surface area contributed by atoms with E-state index < -0.39 is 10.0 Å². The Hall–Kier alpha value is -1.44. The Morgan fingerprint density at radius 3 is 2.68 bits per heavy atom. The number of aromatic nitrogens is 1. The zero-order valence-electron chi connectivity index (χ0n) is 12.2. The normalized spacial score (nSPS) is 16.0. The van der Waals surface area contributed by atoms with E-state index in [-0.39, 0.29) is 4.90 Å². The van der Waals surface area contributed by atoms with Gasteiger partial charge in [0.1, 0.15) is 10.7 Å². The number of pyridine rings is 1. The third-order valence-corrected chi connectivity index (χ3v) is 6.52. The largest absolute Gasteiger partial charge is 0.370 e. The molecule has 0 spiro atoms. The van der Waals surface area contributed by atoms with Gasteiger partial charge in [-0.3, -0.25) is 0 Å². The van der Waals surface area contributed by atoms with Crippen molar-refractivity contribution in [1.82, 2.24) is 9.29 Å². The molecule has 1 fully saturated rings. The molecule has 1 aliphatic rings. The monoisotopic (exact) mass is 337 g/mol. The number of rotatable bonds is 6. The predicted octanol–water partition coefficient (Wildman–Crippen LogP) is 2.58. The number of sulfonamides is 1. The fraction of sp³-hybridized carbons (Fsp3) is 0.400. The standard InChI is InChI=1S/C15H19N3O2S2/c19-22(20,18-9-1-2-10-18)14-5-6-15(17-12-14)16-8-7-13-4-3-11-21-13/h3-6,11-12H,1-2,7-10H2,(H,16,17). The number of hydrogen-bond donors (Lipinski definition) is 1. The summed E-state index contributed by atoms with van der Waals surface area (Å²) in [6, 6.07) is 7.51. The van der Waals surface area contributed by atoms with E-state index in [2.05, 4.69) is 21.7 Å². The van der Waals surface area contributed by atoms with Crippen LogP contribution in [0.15, 0.2) is 40.7 Å². The first-order valence-electron chi connectivity index (χ1n) is 7.39. The summed E-state index contributed by atoms with van der Waals surface area (Å²) >= 11 is 1.73. The van der Waals surface area contributed by atoms with Crippen LogP contribution in [0.4, 0.5) is 5.82 Å². The van der Waals surface area contributed by atoms with Crippen LogP contribution in [0.3, 0.4) is 0 Å². The van der Waals surface area contributed by atoms with Gasteiger partial charge in [-0.25, -0.2) is 13.4 Å². The van der Waals surface area contributed by atoms with Gasteiger partial charge < -0.3 is 5.32 Å². The summed E-state index contributed by atoms with van der Waals surface area (Å²) in [5.41, 5.74) is 0. The Kier molecular flexibility index (Phi) is 4.75. The van der Waals surface area contributed by atoms with Crippen LogP contribution in [0.2, 0.25) is 0 Å². The highest BCUT2D eigenvalue weighted by molar-refractivity contribution is 7.89. The maximum atomic E-state index is 12.4. The van der Waals surface area contributed by atoms with Crippen LogP contribution in [0.1, 0.15) is 17.7 Å². The van der Waals surface area contributed by atoms with Crippen molar-refractivity contribution in [2.45, 2.75) is 24.2 Å². The summed E-state index contributed by atoms with van der Waals surface area (Å²) in [5.74, 6) is 0.705. The van der Waals surface area contributed by atoms with Crippen LogP contribution in [0, 0.1) is 0 Å². The van der Waals surface area contributed by atoms with Gasteiger partial charge in [-0.2, -0.15) is 4.31 Å². The molecule has 7 heteroatoms. The summed E-state index contributed by atoms with van der Waals surface area (Å²) in [5, 5.41) is 5.28. The van der Waals surface area contributed by atoms with Crippen molar-refractivity contribution < 1.29 is 8.42 Å². The molecule has 2 aromatic heterocycles. The van der Waals surface area contributed by atoms with Crippen molar-refractivity contribution in [1.29, 1.82) is 0 Å². The average molecular weight is 337 g/mol. The van der Waals surface area contributed by atoms with Crippen molar-refractivity contribution in [2.24, 2.45) is 0 Å². The Morgan fingerprint density at radius 2 is 2.05 bits per heavy atom. The van der Waals surface area contributed by atoms with Crippen LogP contribution >= 0.6 is 11.3 Å². The number of thiophene rings is 1. The maximum Gasteiger partial charge on any atom is 0.244 e. The van der Waals surface area contributed by atoms with Gasteiger partial charge in [0.05, 0.1) is 0 Å². The number of hydrogen-bond acceptors (Lipinski definition) is 5. The average Bonchev–Trinajstić information content (AvgIpc) is 3.21. The summed E-state index contributed by atoms with van der Waals surface area (Å²) in [6.07, 6.45) is 4.26. The molecule has 0 aliphatic carbocycles.